The van der Waals surface area contributed by atoms with E-state index in [9.17, 15) is 8.42 Å². The average molecular weight is 352 g/mol. The minimum absolute atomic E-state index is 0.0982. The molecule has 3 heterocycles. The number of nitrogens with one attached hydrogen (secondary N) is 1. The molecule has 8 heteroatoms. The van der Waals surface area contributed by atoms with Crippen LogP contribution >= 0.6 is 11.3 Å². The van der Waals surface area contributed by atoms with Crippen molar-refractivity contribution in [3.05, 3.63) is 35.1 Å². The monoisotopic (exact) mass is 352 g/mol. The summed E-state index contributed by atoms with van der Waals surface area (Å²) in [6.45, 7) is 3.98. The number of aryl methyl sites for hydroxylation is 1. The number of sulfonamides is 1. The lowest BCUT2D eigenvalue weighted by Gasteiger charge is -2.27. The molecule has 23 heavy (non-hydrogen) atoms. The summed E-state index contributed by atoms with van der Waals surface area (Å²) >= 11 is 1.26. The molecule has 6 nitrogen and oxygen atoms in total. The molecule has 2 aromatic rings. The summed E-state index contributed by atoms with van der Waals surface area (Å²) in [4.78, 5) is 11.9. The predicted molar refractivity (Wildman–Crippen MR) is 91.2 cm³/mol. The molecule has 3 rings (SSSR count). The fraction of sp³-hybridized carbons (Fsp3) is 0.467. The van der Waals surface area contributed by atoms with Crippen molar-refractivity contribution in [2.45, 2.75) is 36.9 Å². The smallest absolute Gasteiger partial charge is 0.250 e. The minimum atomic E-state index is -3.50. The molecule has 1 saturated heterocycles. The highest BCUT2D eigenvalue weighted by atomic mass is 32.2. The third-order valence-corrected chi connectivity index (χ3v) is 6.67. The van der Waals surface area contributed by atoms with Crippen LogP contribution in [0.1, 0.15) is 30.0 Å². The number of hydrogen-bond donors (Lipinski definition) is 1. The Bertz CT molecular complexity index is 767. The lowest BCUT2D eigenvalue weighted by molar-refractivity contribution is 0.570. The molecule has 1 aliphatic heterocycles. The van der Waals surface area contributed by atoms with Gasteiger partial charge in [0.1, 0.15) is 15.9 Å². The van der Waals surface area contributed by atoms with Crippen molar-refractivity contribution in [2.24, 2.45) is 0 Å². The molecule has 2 aromatic heterocycles. The Balaban J connectivity index is 1.68. The van der Waals surface area contributed by atoms with Crippen molar-refractivity contribution >= 4 is 27.2 Å². The molecule has 0 atom stereocenters. The predicted octanol–water partition coefficient (Wildman–Crippen LogP) is 2.32. The number of thiophene rings is 1. The summed E-state index contributed by atoms with van der Waals surface area (Å²) in [6.07, 6.45) is 5.29. The van der Waals surface area contributed by atoms with Gasteiger partial charge >= 0.3 is 0 Å². The zero-order chi connectivity index (χ0) is 16.3. The van der Waals surface area contributed by atoms with Crippen LogP contribution in [0.25, 0.3) is 0 Å². The molecule has 0 aromatic carbocycles. The SMILES string of the molecule is Cc1ccc(S(=O)(=O)NCc2nccc(N3CCCCC3)n2)s1. The fourth-order valence-electron chi connectivity index (χ4n) is 2.56. The van der Waals surface area contributed by atoms with Crippen LogP contribution in [0.2, 0.25) is 0 Å². The normalized spacial score (nSPS) is 15.8. The number of piperidine rings is 1. The van der Waals surface area contributed by atoms with Gasteiger partial charge in [-0.1, -0.05) is 0 Å². The van der Waals surface area contributed by atoms with Crippen LogP contribution < -0.4 is 9.62 Å². The van der Waals surface area contributed by atoms with Crippen LogP contribution in [0, 0.1) is 6.92 Å². The molecule has 0 bridgehead atoms. The first-order chi connectivity index (χ1) is 11.0. The van der Waals surface area contributed by atoms with Crippen molar-refractivity contribution in [3.8, 4) is 0 Å². The summed E-state index contributed by atoms with van der Waals surface area (Å²) in [6, 6.07) is 5.30. The van der Waals surface area contributed by atoms with Crippen molar-refractivity contribution in [1.29, 1.82) is 0 Å². The van der Waals surface area contributed by atoms with Crippen LogP contribution in [0.15, 0.2) is 28.6 Å². The Morgan fingerprint density at radius 3 is 2.70 bits per heavy atom. The summed E-state index contributed by atoms with van der Waals surface area (Å²) < 4.78 is 27.4. The van der Waals surface area contributed by atoms with Gasteiger partial charge in [-0.05, 0) is 44.4 Å². The molecule has 0 spiro atoms. The molecule has 0 radical (unpaired) electrons. The summed E-state index contributed by atoms with van der Waals surface area (Å²) in [5.41, 5.74) is 0. The van der Waals surface area contributed by atoms with E-state index in [2.05, 4.69) is 19.6 Å². The lowest BCUT2D eigenvalue weighted by atomic mass is 10.1. The first kappa shape index (κ1) is 16.4. The van der Waals surface area contributed by atoms with Gasteiger partial charge in [0.15, 0.2) is 0 Å². The molecule has 1 fully saturated rings. The molecule has 124 valence electrons. The third-order valence-electron chi connectivity index (χ3n) is 3.77. The van der Waals surface area contributed by atoms with E-state index < -0.39 is 10.0 Å². The van der Waals surface area contributed by atoms with Crippen molar-refractivity contribution in [2.75, 3.05) is 18.0 Å². The molecule has 0 aliphatic carbocycles. The highest BCUT2D eigenvalue weighted by Gasteiger charge is 2.17. The van der Waals surface area contributed by atoms with Gasteiger partial charge < -0.3 is 4.90 Å². The Hall–Kier alpha value is -1.51. The Morgan fingerprint density at radius 2 is 2.00 bits per heavy atom. The van der Waals surface area contributed by atoms with Gasteiger partial charge in [0.05, 0.1) is 6.54 Å². The van der Waals surface area contributed by atoms with Crippen LogP contribution in [0.5, 0.6) is 0 Å². The molecule has 1 aliphatic rings. The second-order valence-electron chi connectivity index (χ2n) is 5.57. The number of rotatable bonds is 5. The second-order valence-corrected chi connectivity index (χ2v) is 8.85. The number of nitrogens with zero attached hydrogens (tertiary/aromatic N) is 3. The lowest BCUT2D eigenvalue weighted by Crippen LogP contribution is -2.31. The maximum atomic E-state index is 12.2. The van der Waals surface area contributed by atoms with Crippen LogP contribution in [-0.4, -0.2) is 31.5 Å². The maximum absolute atomic E-state index is 12.2. The average Bonchev–Trinajstić information content (AvgIpc) is 3.02. The summed E-state index contributed by atoms with van der Waals surface area (Å²) in [7, 11) is -3.50. The van der Waals surface area contributed by atoms with E-state index in [1.165, 1.54) is 30.6 Å². The van der Waals surface area contributed by atoms with E-state index in [-0.39, 0.29) is 6.54 Å². The number of hydrogen-bond acceptors (Lipinski definition) is 6. The van der Waals surface area contributed by atoms with Gasteiger partial charge in [0.25, 0.3) is 0 Å². The summed E-state index contributed by atoms with van der Waals surface area (Å²) in [5, 5.41) is 0. The van der Waals surface area contributed by atoms with E-state index in [1.54, 1.807) is 18.3 Å². The fourth-order valence-corrected chi connectivity index (χ4v) is 4.87. The number of aromatic nitrogens is 2. The van der Waals surface area contributed by atoms with E-state index in [0.29, 0.717) is 10.0 Å². The van der Waals surface area contributed by atoms with Crippen LogP contribution in [0.4, 0.5) is 5.82 Å². The van der Waals surface area contributed by atoms with Gasteiger partial charge in [-0.2, -0.15) is 0 Å². The highest BCUT2D eigenvalue weighted by molar-refractivity contribution is 7.91. The van der Waals surface area contributed by atoms with Crippen LogP contribution in [0.3, 0.4) is 0 Å². The minimum Gasteiger partial charge on any atom is -0.357 e. The van der Waals surface area contributed by atoms with Gasteiger partial charge in [-0.25, -0.2) is 23.1 Å². The van der Waals surface area contributed by atoms with E-state index in [1.807, 2.05) is 13.0 Å². The highest BCUT2D eigenvalue weighted by Crippen LogP contribution is 2.21. The second kappa shape index (κ2) is 6.94. The molecule has 0 saturated carbocycles. The maximum Gasteiger partial charge on any atom is 0.250 e. The van der Waals surface area contributed by atoms with E-state index >= 15 is 0 Å². The Kier molecular flexibility index (Phi) is 4.93. The molecule has 0 amide bonds. The molecular weight excluding hydrogens is 332 g/mol. The zero-order valence-corrected chi connectivity index (χ0v) is 14.7. The van der Waals surface area contributed by atoms with E-state index in [4.69, 9.17) is 0 Å². The first-order valence-corrected chi connectivity index (χ1v) is 9.97. The molecule has 1 N–H and O–H groups in total. The van der Waals surface area contributed by atoms with Crippen molar-refractivity contribution in [3.63, 3.8) is 0 Å². The first-order valence-electron chi connectivity index (χ1n) is 7.67. The van der Waals surface area contributed by atoms with Crippen molar-refractivity contribution < 1.29 is 8.42 Å². The van der Waals surface area contributed by atoms with E-state index in [0.717, 1.165) is 23.8 Å². The Morgan fingerprint density at radius 1 is 1.22 bits per heavy atom. The molecule has 0 unspecified atom stereocenters. The zero-order valence-electron chi connectivity index (χ0n) is 13.0. The van der Waals surface area contributed by atoms with Gasteiger partial charge in [0.2, 0.25) is 10.0 Å². The standard InChI is InChI=1S/C15H20N4O2S2/c1-12-5-6-15(22-12)23(20,21)17-11-13-16-8-7-14(18-13)19-9-3-2-4-10-19/h5-8,17H,2-4,9-11H2,1H3. The van der Waals surface area contributed by atoms with Gasteiger partial charge in [0, 0.05) is 24.2 Å². The number of anilines is 1. The van der Waals surface area contributed by atoms with Crippen molar-refractivity contribution in [1.82, 2.24) is 14.7 Å². The quantitative estimate of drug-likeness (QED) is 0.894. The topological polar surface area (TPSA) is 75.2 Å². The van der Waals surface area contributed by atoms with Crippen LogP contribution in [-0.2, 0) is 16.6 Å². The third kappa shape index (κ3) is 4.07. The molecular formula is C15H20N4O2S2. The summed E-state index contributed by atoms with van der Waals surface area (Å²) in [5.74, 6) is 1.37. The van der Waals surface area contributed by atoms with Gasteiger partial charge in [-0.3, -0.25) is 0 Å². The largest absolute Gasteiger partial charge is 0.357 e. The Labute approximate surface area is 140 Å². The van der Waals surface area contributed by atoms with Gasteiger partial charge in [-0.15, -0.1) is 11.3 Å².